The van der Waals surface area contributed by atoms with Gasteiger partial charge in [0.2, 0.25) is 0 Å². The number of ether oxygens (including phenoxy) is 1. The average molecular weight is 263 g/mol. The fourth-order valence-corrected chi connectivity index (χ4v) is 3.11. The molecule has 0 aromatic heterocycles. The zero-order chi connectivity index (χ0) is 10.7. The van der Waals surface area contributed by atoms with E-state index in [4.69, 9.17) is 27.9 Å². The summed E-state index contributed by atoms with van der Waals surface area (Å²) >= 11 is 14.0. The third-order valence-electron chi connectivity index (χ3n) is 2.37. The molecular formula is C11H12Cl2OS. The number of hydrogen-bond donors (Lipinski definition) is 0. The molecule has 0 spiro atoms. The van der Waals surface area contributed by atoms with Crippen molar-refractivity contribution in [3.63, 3.8) is 0 Å². The van der Waals surface area contributed by atoms with Crippen molar-refractivity contribution < 1.29 is 4.74 Å². The molecule has 1 aliphatic rings. The van der Waals surface area contributed by atoms with Crippen molar-refractivity contribution in [2.45, 2.75) is 18.9 Å². The topological polar surface area (TPSA) is 9.23 Å². The van der Waals surface area contributed by atoms with Gasteiger partial charge in [-0.3, -0.25) is 0 Å². The highest BCUT2D eigenvalue weighted by atomic mass is 35.5. The Morgan fingerprint density at radius 1 is 1.13 bits per heavy atom. The first-order valence-corrected chi connectivity index (χ1v) is 6.87. The van der Waals surface area contributed by atoms with E-state index in [2.05, 4.69) is 0 Å². The maximum Gasteiger partial charge on any atom is 0.156 e. The van der Waals surface area contributed by atoms with Gasteiger partial charge in [0.1, 0.15) is 6.10 Å². The van der Waals surface area contributed by atoms with Gasteiger partial charge in [0.05, 0.1) is 10.0 Å². The van der Waals surface area contributed by atoms with E-state index < -0.39 is 0 Å². The first-order valence-electron chi connectivity index (χ1n) is 4.96. The van der Waals surface area contributed by atoms with E-state index >= 15 is 0 Å². The number of rotatable bonds is 2. The first kappa shape index (κ1) is 11.4. The summed E-state index contributed by atoms with van der Waals surface area (Å²) in [5, 5.41) is 1.20. The van der Waals surface area contributed by atoms with Gasteiger partial charge in [0.15, 0.2) is 5.75 Å². The van der Waals surface area contributed by atoms with Crippen molar-refractivity contribution in [2.24, 2.45) is 0 Å². The Hall–Kier alpha value is -0.0500. The maximum atomic E-state index is 6.03. The van der Waals surface area contributed by atoms with E-state index in [1.54, 1.807) is 12.1 Å². The van der Waals surface area contributed by atoms with Crippen molar-refractivity contribution in [1.82, 2.24) is 0 Å². The van der Waals surface area contributed by atoms with Crippen LogP contribution in [0.4, 0.5) is 0 Å². The molecular weight excluding hydrogens is 251 g/mol. The molecule has 0 amide bonds. The molecule has 82 valence electrons. The lowest BCUT2D eigenvalue weighted by atomic mass is 10.2. The van der Waals surface area contributed by atoms with Crippen LogP contribution in [0.25, 0.3) is 0 Å². The van der Waals surface area contributed by atoms with E-state index in [1.165, 1.54) is 0 Å². The third kappa shape index (κ3) is 2.96. The average Bonchev–Trinajstić information content (AvgIpc) is 2.25. The zero-order valence-corrected chi connectivity index (χ0v) is 10.5. The van der Waals surface area contributed by atoms with Crippen LogP contribution in [0.2, 0.25) is 10.0 Å². The summed E-state index contributed by atoms with van der Waals surface area (Å²) in [6.07, 6.45) is 2.42. The van der Waals surface area contributed by atoms with Crippen molar-refractivity contribution in [1.29, 1.82) is 0 Å². The van der Waals surface area contributed by atoms with Gasteiger partial charge in [-0.15, -0.1) is 0 Å². The van der Waals surface area contributed by atoms with Crippen molar-refractivity contribution >= 4 is 35.0 Å². The Morgan fingerprint density at radius 3 is 2.33 bits per heavy atom. The number of thioether (sulfide) groups is 1. The summed E-state index contributed by atoms with van der Waals surface area (Å²) in [6, 6.07) is 5.44. The van der Waals surface area contributed by atoms with Gasteiger partial charge in [0, 0.05) is 0 Å². The molecule has 1 fully saturated rings. The number of para-hydroxylation sites is 1. The molecule has 1 nitrogen and oxygen atoms in total. The highest BCUT2D eigenvalue weighted by Gasteiger charge is 2.17. The minimum absolute atomic E-state index is 0.267. The molecule has 1 aromatic rings. The van der Waals surface area contributed by atoms with Crippen LogP contribution in [0.3, 0.4) is 0 Å². The molecule has 15 heavy (non-hydrogen) atoms. The number of hydrogen-bond acceptors (Lipinski definition) is 2. The third-order valence-corrected chi connectivity index (χ3v) is 4.02. The Morgan fingerprint density at radius 2 is 1.73 bits per heavy atom. The molecule has 0 radical (unpaired) electrons. The van der Waals surface area contributed by atoms with Crippen LogP contribution < -0.4 is 4.74 Å². The molecule has 4 heteroatoms. The van der Waals surface area contributed by atoms with Crippen LogP contribution in [0.1, 0.15) is 12.8 Å². The Bertz CT molecular complexity index is 317. The Kier molecular flexibility index (Phi) is 4.06. The van der Waals surface area contributed by atoms with Gasteiger partial charge in [-0.1, -0.05) is 29.3 Å². The first-order chi connectivity index (χ1) is 7.27. The van der Waals surface area contributed by atoms with Gasteiger partial charge >= 0.3 is 0 Å². The highest BCUT2D eigenvalue weighted by molar-refractivity contribution is 7.99. The van der Waals surface area contributed by atoms with Gasteiger partial charge in [-0.05, 0) is 36.5 Å². The summed E-state index contributed by atoms with van der Waals surface area (Å²) < 4.78 is 5.84. The van der Waals surface area contributed by atoms with E-state index in [0.29, 0.717) is 15.8 Å². The van der Waals surface area contributed by atoms with Crippen LogP contribution in [-0.4, -0.2) is 17.6 Å². The molecule has 1 heterocycles. The lowest BCUT2D eigenvalue weighted by molar-refractivity contribution is 0.192. The maximum absolute atomic E-state index is 6.03. The summed E-state index contributed by atoms with van der Waals surface area (Å²) in [4.78, 5) is 0. The highest BCUT2D eigenvalue weighted by Crippen LogP contribution is 2.34. The molecule has 0 atom stereocenters. The monoisotopic (exact) mass is 262 g/mol. The van der Waals surface area contributed by atoms with E-state index in [-0.39, 0.29) is 6.10 Å². The van der Waals surface area contributed by atoms with E-state index in [9.17, 15) is 0 Å². The molecule has 1 saturated heterocycles. The fraction of sp³-hybridized carbons (Fsp3) is 0.455. The predicted molar refractivity (Wildman–Crippen MR) is 67.4 cm³/mol. The molecule has 0 aliphatic carbocycles. The molecule has 1 aliphatic heterocycles. The van der Waals surface area contributed by atoms with Crippen LogP contribution in [0, 0.1) is 0 Å². The zero-order valence-electron chi connectivity index (χ0n) is 8.21. The van der Waals surface area contributed by atoms with Gasteiger partial charge < -0.3 is 4.74 Å². The molecule has 2 rings (SSSR count). The van der Waals surface area contributed by atoms with Crippen molar-refractivity contribution in [2.75, 3.05) is 11.5 Å². The van der Waals surface area contributed by atoms with E-state index in [1.807, 2.05) is 17.8 Å². The summed E-state index contributed by atoms with van der Waals surface area (Å²) in [7, 11) is 0. The summed E-state index contributed by atoms with van der Waals surface area (Å²) in [5.74, 6) is 2.96. The molecule has 0 unspecified atom stereocenters. The van der Waals surface area contributed by atoms with E-state index in [0.717, 1.165) is 24.3 Å². The molecule has 0 bridgehead atoms. The lowest BCUT2D eigenvalue weighted by Crippen LogP contribution is -2.22. The van der Waals surface area contributed by atoms with Gasteiger partial charge in [-0.25, -0.2) is 0 Å². The van der Waals surface area contributed by atoms with Gasteiger partial charge in [0.25, 0.3) is 0 Å². The van der Waals surface area contributed by atoms with Crippen LogP contribution >= 0.6 is 35.0 Å². The second-order valence-corrected chi connectivity index (χ2v) is 5.52. The second-order valence-electron chi connectivity index (χ2n) is 3.48. The molecule has 0 N–H and O–H groups in total. The smallest absolute Gasteiger partial charge is 0.156 e. The lowest BCUT2D eigenvalue weighted by Gasteiger charge is -2.23. The van der Waals surface area contributed by atoms with Crippen LogP contribution in [0.15, 0.2) is 18.2 Å². The van der Waals surface area contributed by atoms with Crippen LogP contribution in [-0.2, 0) is 0 Å². The van der Waals surface area contributed by atoms with Crippen molar-refractivity contribution in [3.05, 3.63) is 28.2 Å². The standard InChI is InChI=1S/C11H12Cl2OS/c12-9-2-1-3-10(13)11(9)14-8-4-6-15-7-5-8/h1-3,8H,4-7H2. The van der Waals surface area contributed by atoms with Crippen LogP contribution in [0.5, 0.6) is 5.75 Å². The molecule has 0 saturated carbocycles. The SMILES string of the molecule is Clc1cccc(Cl)c1OC1CCSCC1. The van der Waals surface area contributed by atoms with Gasteiger partial charge in [-0.2, -0.15) is 11.8 Å². The van der Waals surface area contributed by atoms with Crippen molar-refractivity contribution in [3.8, 4) is 5.75 Å². The normalized spacial score (nSPS) is 17.7. The quantitative estimate of drug-likeness (QED) is 0.788. The Balaban J connectivity index is 2.09. The molecule has 1 aromatic carbocycles. The number of benzene rings is 1. The summed E-state index contributed by atoms with van der Waals surface area (Å²) in [5.41, 5.74) is 0. The minimum Gasteiger partial charge on any atom is -0.487 e. The number of halogens is 2. The summed E-state index contributed by atoms with van der Waals surface area (Å²) in [6.45, 7) is 0. The fourth-order valence-electron chi connectivity index (χ4n) is 1.56. The Labute approximate surface area is 104 Å². The largest absolute Gasteiger partial charge is 0.487 e. The second kappa shape index (κ2) is 5.33. The predicted octanol–water partition coefficient (Wildman–Crippen LogP) is 4.27. The minimum atomic E-state index is 0.267.